The van der Waals surface area contributed by atoms with E-state index in [0.29, 0.717) is 0 Å². The molecule has 0 spiro atoms. The number of halogens is 3. The molecule has 192 valence electrons. The first-order valence-corrected chi connectivity index (χ1v) is 13.4. The average Bonchev–Trinajstić information content (AvgIpc) is 2.83. The van der Waals surface area contributed by atoms with Gasteiger partial charge in [0.05, 0.1) is 48.5 Å². The highest BCUT2D eigenvalue weighted by Gasteiger charge is 2.33. The Hall–Kier alpha value is -3.29. The van der Waals surface area contributed by atoms with Crippen molar-refractivity contribution in [1.82, 2.24) is 0 Å². The summed E-state index contributed by atoms with van der Waals surface area (Å²) in [6.07, 6.45) is -0.0655. The molecule has 12 heteroatoms. The number of nitriles is 1. The van der Waals surface area contributed by atoms with Gasteiger partial charge in [0.25, 0.3) is 5.91 Å². The highest BCUT2D eigenvalue weighted by molar-refractivity contribution is 7.92. The van der Waals surface area contributed by atoms with Gasteiger partial charge in [0.15, 0.2) is 9.84 Å². The van der Waals surface area contributed by atoms with Gasteiger partial charge in [-0.05, 0) is 55.3 Å². The van der Waals surface area contributed by atoms with Gasteiger partial charge in [0.2, 0.25) is 5.91 Å². The Labute approximate surface area is 228 Å². The third-order valence-electron chi connectivity index (χ3n) is 5.39. The number of carbonyl (C=O) groups is 2. The predicted octanol–water partition coefficient (Wildman–Crippen LogP) is 5.98. The summed E-state index contributed by atoms with van der Waals surface area (Å²) in [6.45, 7) is 3.30. The number of phenols is 1. The molecule has 0 saturated heterocycles. The maximum Gasteiger partial charge on any atom is 0.257 e. The number of carbonyl (C=O) groups excluding carboxylic acids is 2. The minimum absolute atomic E-state index is 0.0242. The van der Waals surface area contributed by atoms with E-state index >= 15 is 0 Å². The van der Waals surface area contributed by atoms with Gasteiger partial charge in [0.1, 0.15) is 11.0 Å². The molecule has 0 saturated carbocycles. The molecule has 0 aliphatic heterocycles. The Morgan fingerprint density at radius 3 is 2.30 bits per heavy atom. The van der Waals surface area contributed by atoms with E-state index in [1.54, 1.807) is 19.1 Å². The normalized spacial score (nSPS) is 11.9. The molecule has 3 aromatic carbocycles. The molecule has 37 heavy (non-hydrogen) atoms. The molecule has 3 aromatic rings. The second-order valence-corrected chi connectivity index (χ2v) is 11.3. The first kappa shape index (κ1) is 28.3. The number of hydrogen-bond acceptors (Lipinski definition) is 6. The lowest BCUT2D eigenvalue weighted by atomic mass is 10.0. The molecule has 0 aromatic heterocycles. The number of nitrogens with one attached hydrogen (secondary N) is 2. The lowest BCUT2D eigenvalue weighted by Gasteiger charge is -2.18. The van der Waals surface area contributed by atoms with Crippen LogP contribution in [0.1, 0.15) is 34.8 Å². The SMILES string of the molecule is CCC(C(=O)Nc1cc(O)c(NC(=O)c2ccc(C)cc2C#N)cc1Cl)S(=O)(=O)c1ccc(Cl)c(Cl)c1. The lowest BCUT2D eigenvalue weighted by molar-refractivity contribution is -0.115. The second-order valence-electron chi connectivity index (χ2n) is 7.97. The van der Waals surface area contributed by atoms with Crippen LogP contribution in [0.5, 0.6) is 5.75 Å². The number of rotatable bonds is 7. The maximum absolute atomic E-state index is 13.1. The Morgan fingerprint density at radius 2 is 1.68 bits per heavy atom. The number of hydrogen-bond donors (Lipinski definition) is 3. The number of nitrogens with zero attached hydrogens (tertiary/aromatic N) is 1. The summed E-state index contributed by atoms with van der Waals surface area (Å²) >= 11 is 18.1. The van der Waals surface area contributed by atoms with E-state index < -0.39 is 32.7 Å². The quantitative estimate of drug-likeness (QED) is 0.294. The zero-order valence-corrected chi connectivity index (χ0v) is 22.6. The van der Waals surface area contributed by atoms with Crippen molar-refractivity contribution in [2.24, 2.45) is 0 Å². The van der Waals surface area contributed by atoms with E-state index in [2.05, 4.69) is 10.6 Å². The van der Waals surface area contributed by atoms with Gasteiger partial charge in [-0.3, -0.25) is 9.59 Å². The minimum atomic E-state index is -4.14. The van der Waals surface area contributed by atoms with E-state index in [4.69, 9.17) is 34.8 Å². The molecule has 0 bridgehead atoms. The van der Waals surface area contributed by atoms with Gasteiger partial charge in [-0.2, -0.15) is 5.26 Å². The lowest BCUT2D eigenvalue weighted by Crippen LogP contribution is -2.34. The molecular weight excluding hydrogens is 561 g/mol. The zero-order chi connectivity index (χ0) is 27.5. The van der Waals surface area contributed by atoms with Crippen molar-refractivity contribution in [1.29, 1.82) is 5.26 Å². The monoisotopic (exact) mass is 579 g/mol. The molecule has 3 rings (SSSR count). The molecule has 0 radical (unpaired) electrons. The van der Waals surface area contributed by atoms with Crippen LogP contribution in [0.15, 0.2) is 53.4 Å². The molecule has 8 nitrogen and oxygen atoms in total. The van der Waals surface area contributed by atoms with Gasteiger partial charge < -0.3 is 15.7 Å². The van der Waals surface area contributed by atoms with Crippen molar-refractivity contribution in [2.45, 2.75) is 30.4 Å². The van der Waals surface area contributed by atoms with E-state index in [-0.39, 0.29) is 48.9 Å². The van der Waals surface area contributed by atoms with Crippen LogP contribution < -0.4 is 10.6 Å². The summed E-state index contributed by atoms with van der Waals surface area (Å²) in [5.41, 5.74) is 0.900. The third kappa shape index (κ3) is 6.17. The molecule has 1 unspecified atom stereocenters. The maximum atomic E-state index is 13.1. The van der Waals surface area contributed by atoms with Crippen LogP contribution in [-0.2, 0) is 14.6 Å². The number of aromatic hydroxyl groups is 1. The van der Waals surface area contributed by atoms with Gasteiger partial charge in [-0.25, -0.2) is 8.42 Å². The minimum Gasteiger partial charge on any atom is -0.506 e. The van der Waals surface area contributed by atoms with Crippen LogP contribution in [0, 0.1) is 18.3 Å². The highest BCUT2D eigenvalue weighted by Crippen LogP contribution is 2.35. The van der Waals surface area contributed by atoms with E-state index in [0.717, 1.165) is 17.7 Å². The summed E-state index contributed by atoms with van der Waals surface area (Å²) in [7, 11) is -4.14. The highest BCUT2D eigenvalue weighted by atomic mass is 35.5. The van der Waals surface area contributed by atoms with E-state index in [1.165, 1.54) is 31.2 Å². The Bertz CT molecular complexity index is 1550. The summed E-state index contributed by atoms with van der Waals surface area (Å²) in [5.74, 6) is -1.98. The zero-order valence-electron chi connectivity index (χ0n) is 19.5. The molecule has 0 aliphatic rings. The van der Waals surface area contributed by atoms with Crippen LogP contribution >= 0.6 is 34.8 Å². The first-order chi connectivity index (χ1) is 17.4. The molecule has 0 aliphatic carbocycles. The van der Waals surface area contributed by atoms with Gasteiger partial charge in [-0.15, -0.1) is 0 Å². The fourth-order valence-electron chi connectivity index (χ4n) is 3.47. The fraction of sp³-hybridized carbons (Fsp3) is 0.160. The fourth-order valence-corrected chi connectivity index (χ4v) is 5.69. The van der Waals surface area contributed by atoms with Crippen LogP contribution in [-0.4, -0.2) is 30.6 Å². The number of benzene rings is 3. The van der Waals surface area contributed by atoms with Crippen LogP contribution in [0.2, 0.25) is 15.1 Å². The average molecular weight is 581 g/mol. The van der Waals surface area contributed by atoms with Gasteiger partial charge in [-0.1, -0.05) is 47.8 Å². The Balaban J connectivity index is 1.84. The van der Waals surface area contributed by atoms with Crippen LogP contribution in [0.4, 0.5) is 11.4 Å². The van der Waals surface area contributed by atoms with E-state index in [9.17, 15) is 28.4 Å². The smallest absolute Gasteiger partial charge is 0.257 e. The molecule has 0 heterocycles. The number of aryl methyl sites for hydroxylation is 1. The third-order valence-corrected chi connectivity index (χ3v) is 8.65. The van der Waals surface area contributed by atoms with Crippen molar-refractivity contribution >= 4 is 67.8 Å². The summed E-state index contributed by atoms with van der Waals surface area (Å²) in [5, 5.41) is 23.3. The van der Waals surface area contributed by atoms with Crippen LogP contribution in [0.3, 0.4) is 0 Å². The molecule has 1 atom stereocenters. The topological polar surface area (TPSA) is 136 Å². The number of phenolic OH excluding ortho intramolecular Hbond substituents is 1. The molecular formula is C25H20Cl3N3O5S. The van der Waals surface area contributed by atoms with Crippen molar-refractivity contribution in [3.05, 3.63) is 80.3 Å². The van der Waals surface area contributed by atoms with Crippen molar-refractivity contribution in [3.8, 4) is 11.8 Å². The molecule has 3 N–H and O–H groups in total. The predicted molar refractivity (Wildman–Crippen MR) is 143 cm³/mol. The number of anilines is 2. The largest absolute Gasteiger partial charge is 0.506 e. The van der Waals surface area contributed by atoms with Gasteiger partial charge in [0, 0.05) is 6.07 Å². The summed E-state index contributed by atoms with van der Waals surface area (Å²) < 4.78 is 26.2. The van der Waals surface area contributed by atoms with Crippen LogP contribution in [0.25, 0.3) is 0 Å². The summed E-state index contributed by atoms with van der Waals surface area (Å²) in [4.78, 5) is 25.4. The van der Waals surface area contributed by atoms with Crippen molar-refractivity contribution in [2.75, 3.05) is 10.6 Å². The van der Waals surface area contributed by atoms with Crippen molar-refractivity contribution < 1.29 is 23.1 Å². The summed E-state index contributed by atoms with van der Waals surface area (Å²) in [6, 6.07) is 12.6. The Kier molecular flexibility index (Phi) is 8.72. The van der Waals surface area contributed by atoms with Gasteiger partial charge >= 0.3 is 0 Å². The molecule has 2 amide bonds. The van der Waals surface area contributed by atoms with E-state index in [1.807, 2.05) is 6.07 Å². The molecule has 0 fully saturated rings. The Morgan fingerprint density at radius 1 is 0.973 bits per heavy atom. The second kappa shape index (κ2) is 11.4. The number of sulfone groups is 1. The standard InChI is InChI=1S/C25H20Cl3N3O5S/c1-3-23(37(35,36)15-5-7-17(26)18(27)9-15)25(34)30-20-11-22(32)21(10-19(20)28)31-24(33)16-6-4-13(2)8-14(16)12-29/h4-11,23,32H,3H2,1-2H3,(H,30,34)(H,31,33). The number of amides is 2. The first-order valence-electron chi connectivity index (χ1n) is 10.7. The van der Waals surface area contributed by atoms with Crippen molar-refractivity contribution in [3.63, 3.8) is 0 Å².